The first-order chi connectivity index (χ1) is 12.2. The van der Waals surface area contributed by atoms with Crippen molar-refractivity contribution in [2.24, 2.45) is 7.05 Å². The summed E-state index contributed by atoms with van der Waals surface area (Å²) in [5, 5.41) is 0. The second-order valence-corrected chi connectivity index (χ2v) is 8.32. The van der Waals surface area contributed by atoms with Crippen LogP contribution in [0.1, 0.15) is 47.5 Å². The topological polar surface area (TPSA) is 16.8 Å². The summed E-state index contributed by atoms with van der Waals surface area (Å²) in [7, 11) is 2.14. The monoisotopic (exact) mass is 343 g/mol. The quantitative estimate of drug-likeness (QED) is 0.561. The Morgan fingerprint density at radius 3 is 2.27 bits per heavy atom. The summed E-state index contributed by atoms with van der Waals surface area (Å²) in [5.74, 6) is 0. The van der Waals surface area contributed by atoms with Crippen LogP contribution in [0.5, 0.6) is 0 Å². The van der Waals surface area contributed by atoms with Crippen LogP contribution in [0.3, 0.4) is 0 Å². The molecule has 3 aromatic rings. The summed E-state index contributed by atoms with van der Waals surface area (Å²) in [6.45, 7) is 13.2. The largest absolute Gasteiger partial charge is 0.257 e. The van der Waals surface area contributed by atoms with E-state index in [2.05, 4.69) is 89.7 Å². The van der Waals surface area contributed by atoms with Crippen LogP contribution in [0.25, 0.3) is 22.4 Å². The van der Waals surface area contributed by atoms with Crippen LogP contribution in [0, 0.1) is 27.7 Å². The third-order valence-corrected chi connectivity index (χ3v) is 5.97. The van der Waals surface area contributed by atoms with Gasteiger partial charge in [-0.2, -0.15) is 0 Å². The highest BCUT2D eigenvalue weighted by molar-refractivity contribution is 5.83. The molecule has 0 spiro atoms. The van der Waals surface area contributed by atoms with E-state index in [1.165, 1.54) is 50.3 Å². The maximum atomic E-state index is 4.89. The van der Waals surface area contributed by atoms with E-state index in [0.717, 1.165) is 5.69 Å². The van der Waals surface area contributed by atoms with Crippen LogP contribution < -0.4 is 4.57 Å². The molecule has 0 fully saturated rings. The van der Waals surface area contributed by atoms with Crippen molar-refractivity contribution in [3.8, 4) is 22.4 Å². The third-order valence-electron chi connectivity index (χ3n) is 5.97. The molecule has 0 aliphatic heterocycles. The summed E-state index contributed by atoms with van der Waals surface area (Å²) in [6.07, 6.45) is 2.22. The molecule has 26 heavy (non-hydrogen) atoms. The van der Waals surface area contributed by atoms with Crippen molar-refractivity contribution in [1.29, 1.82) is 0 Å². The van der Waals surface area contributed by atoms with Crippen molar-refractivity contribution in [3.05, 3.63) is 70.2 Å². The highest BCUT2D eigenvalue weighted by Gasteiger charge is 2.38. The van der Waals surface area contributed by atoms with Gasteiger partial charge < -0.3 is 0 Å². The fraction of sp³-hybridized carbons (Fsp3) is 0.333. The molecule has 0 saturated carbocycles. The number of nitrogens with zero attached hydrogens (tertiary/aromatic N) is 2. The Kier molecular flexibility index (Phi) is 3.59. The first-order valence-corrected chi connectivity index (χ1v) is 9.31. The maximum absolute atomic E-state index is 4.89. The summed E-state index contributed by atoms with van der Waals surface area (Å²) in [6, 6.07) is 11.4. The number of fused-ring (bicyclic) bond motifs is 3. The van der Waals surface area contributed by atoms with Crippen molar-refractivity contribution < 1.29 is 4.57 Å². The van der Waals surface area contributed by atoms with E-state index in [4.69, 9.17) is 4.98 Å². The van der Waals surface area contributed by atoms with Gasteiger partial charge in [-0.05, 0) is 62.1 Å². The van der Waals surface area contributed by atoms with E-state index in [0.29, 0.717) is 0 Å². The number of hydrogen-bond donors (Lipinski definition) is 0. The normalized spacial score (nSPS) is 14.3. The average molecular weight is 343 g/mol. The van der Waals surface area contributed by atoms with Crippen molar-refractivity contribution in [2.45, 2.75) is 47.0 Å². The molecule has 2 aromatic heterocycles. The summed E-state index contributed by atoms with van der Waals surface area (Å²) in [4.78, 5) is 4.89. The Hall–Kier alpha value is -2.48. The minimum atomic E-state index is -0.0720. The second-order valence-electron chi connectivity index (χ2n) is 8.32. The number of aryl methyl sites for hydroxylation is 5. The van der Waals surface area contributed by atoms with Crippen LogP contribution in [-0.4, -0.2) is 4.98 Å². The lowest BCUT2D eigenvalue weighted by molar-refractivity contribution is -0.660. The van der Waals surface area contributed by atoms with Gasteiger partial charge in [-0.15, -0.1) is 0 Å². The molecule has 0 saturated heterocycles. The van der Waals surface area contributed by atoms with Gasteiger partial charge in [-0.1, -0.05) is 26.0 Å². The predicted octanol–water partition coefficient (Wildman–Crippen LogP) is 5.11. The first kappa shape index (κ1) is 17.0. The van der Waals surface area contributed by atoms with Crippen molar-refractivity contribution in [1.82, 2.24) is 4.98 Å². The molecule has 0 amide bonds. The lowest BCUT2D eigenvalue weighted by Gasteiger charge is -2.21. The minimum absolute atomic E-state index is 0.0720. The van der Waals surface area contributed by atoms with E-state index < -0.39 is 0 Å². The molecular weight excluding hydrogens is 316 g/mol. The SMILES string of the molecule is Cc1ccc2c(n1)C(C)(C)c1cc(-c3cc(C)c(C)c[n+]3C)c(C)cc1-2. The zero-order chi connectivity index (χ0) is 18.8. The number of pyridine rings is 2. The van der Waals surface area contributed by atoms with Crippen LogP contribution in [0.4, 0.5) is 0 Å². The van der Waals surface area contributed by atoms with E-state index in [-0.39, 0.29) is 5.41 Å². The van der Waals surface area contributed by atoms with Crippen molar-refractivity contribution in [2.75, 3.05) is 0 Å². The first-order valence-electron chi connectivity index (χ1n) is 9.31. The zero-order valence-electron chi connectivity index (χ0n) is 16.9. The van der Waals surface area contributed by atoms with E-state index in [9.17, 15) is 0 Å². The summed E-state index contributed by atoms with van der Waals surface area (Å²) >= 11 is 0. The number of rotatable bonds is 1. The number of aromatic nitrogens is 2. The summed E-state index contributed by atoms with van der Waals surface area (Å²) in [5.41, 5.74) is 12.8. The predicted molar refractivity (Wildman–Crippen MR) is 107 cm³/mol. The molecule has 0 bridgehead atoms. The van der Waals surface area contributed by atoms with Crippen LogP contribution in [0.2, 0.25) is 0 Å². The molecule has 1 aliphatic rings. The Balaban J connectivity index is 1.98. The van der Waals surface area contributed by atoms with Crippen molar-refractivity contribution >= 4 is 0 Å². The number of hydrogen-bond acceptors (Lipinski definition) is 1. The molecule has 2 heterocycles. The molecule has 2 nitrogen and oxygen atoms in total. The summed E-state index contributed by atoms with van der Waals surface area (Å²) < 4.78 is 2.24. The van der Waals surface area contributed by atoms with Crippen LogP contribution in [0.15, 0.2) is 36.5 Å². The van der Waals surface area contributed by atoms with Gasteiger partial charge in [0.25, 0.3) is 0 Å². The number of benzene rings is 1. The van der Waals surface area contributed by atoms with Crippen LogP contribution >= 0.6 is 0 Å². The molecule has 0 N–H and O–H groups in total. The highest BCUT2D eigenvalue weighted by Crippen LogP contribution is 2.49. The van der Waals surface area contributed by atoms with E-state index >= 15 is 0 Å². The fourth-order valence-corrected chi connectivity index (χ4v) is 4.25. The highest BCUT2D eigenvalue weighted by atomic mass is 14.9. The molecular formula is C24H27N2+. The van der Waals surface area contributed by atoms with Crippen molar-refractivity contribution in [3.63, 3.8) is 0 Å². The fourth-order valence-electron chi connectivity index (χ4n) is 4.25. The minimum Gasteiger partial charge on any atom is -0.257 e. The molecule has 0 radical (unpaired) electrons. The van der Waals surface area contributed by atoms with Gasteiger partial charge in [0, 0.05) is 33.9 Å². The Bertz CT molecular complexity index is 1060. The zero-order valence-corrected chi connectivity index (χ0v) is 16.9. The standard InChI is InChI=1S/C24H27N2/c1-14-11-22(26(7)13-16(14)3)19-12-21-20(10-15(19)2)18-9-8-17(4)25-23(18)24(21,5)6/h8-13H,1-7H3/q+1. The van der Waals surface area contributed by atoms with E-state index in [1.807, 2.05) is 0 Å². The Morgan fingerprint density at radius 1 is 0.808 bits per heavy atom. The molecule has 4 rings (SSSR count). The lowest BCUT2D eigenvalue weighted by Crippen LogP contribution is -2.31. The van der Waals surface area contributed by atoms with E-state index in [1.54, 1.807) is 0 Å². The lowest BCUT2D eigenvalue weighted by atomic mass is 9.83. The Morgan fingerprint density at radius 2 is 1.54 bits per heavy atom. The second kappa shape index (κ2) is 5.51. The van der Waals surface area contributed by atoms with Gasteiger partial charge in [0.15, 0.2) is 6.20 Å². The molecule has 132 valence electrons. The molecule has 0 unspecified atom stereocenters. The van der Waals surface area contributed by atoms with Gasteiger partial charge in [-0.3, -0.25) is 4.98 Å². The van der Waals surface area contributed by atoms with Gasteiger partial charge in [-0.25, -0.2) is 4.57 Å². The van der Waals surface area contributed by atoms with Gasteiger partial charge in [0.05, 0.1) is 5.69 Å². The van der Waals surface area contributed by atoms with Gasteiger partial charge in [0.1, 0.15) is 7.05 Å². The smallest absolute Gasteiger partial charge is 0.212 e. The van der Waals surface area contributed by atoms with Gasteiger partial charge in [0.2, 0.25) is 5.69 Å². The molecule has 1 aliphatic carbocycles. The molecule has 1 aromatic carbocycles. The van der Waals surface area contributed by atoms with Crippen LogP contribution in [-0.2, 0) is 12.5 Å². The molecule has 0 atom stereocenters. The average Bonchev–Trinajstić information content (AvgIpc) is 2.78. The van der Waals surface area contributed by atoms with Gasteiger partial charge >= 0.3 is 0 Å². The maximum Gasteiger partial charge on any atom is 0.212 e. The molecule has 2 heteroatoms. The Labute approximate surface area is 156 Å². The third kappa shape index (κ3) is 2.32.